The van der Waals surface area contributed by atoms with Crippen molar-refractivity contribution >= 4 is 6.08 Å². The first-order valence-corrected chi connectivity index (χ1v) is 9.37. The van der Waals surface area contributed by atoms with Crippen molar-refractivity contribution in [3.63, 3.8) is 0 Å². The molecule has 0 fully saturated rings. The topological polar surface area (TPSA) is 62.1 Å². The van der Waals surface area contributed by atoms with Gasteiger partial charge >= 0.3 is 0 Å². The van der Waals surface area contributed by atoms with Gasteiger partial charge in [0, 0.05) is 18.3 Å². The predicted octanol–water partition coefficient (Wildman–Crippen LogP) is 2.69. The summed E-state index contributed by atoms with van der Waals surface area (Å²) >= 11 is 0. The third-order valence-corrected chi connectivity index (χ3v) is 5.38. The second-order valence-corrected chi connectivity index (χ2v) is 6.81. The van der Waals surface area contributed by atoms with Crippen LogP contribution in [0.4, 0.5) is 0 Å². The van der Waals surface area contributed by atoms with Crippen LogP contribution in [-0.4, -0.2) is 33.4 Å². The van der Waals surface area contributed by atoms with E-state index in [4.69, 9.17) is 5.73 Å². The SMILES string of the molecule is CNC1=C(/C=C/c2ccc(C)c(CCCN)c2)C(NC)(NC)CCC1. The van der Waals surface area contributed by atoms with Crippen LogP contribution in [-0.2, 0) is 6.42 Å². The molecule has 138 valence electrons. The molecule has 1 aliphatic carbocycles. The smallest absolute Gasteiger partial charge is 0.0961 e. The Balaban J connectivity index is 2.33. The van der Waals surface area contributed by atoms with Crippen LogP contribution in [0.15, 0.2) is 35.5 Å². The number of nitrogens with one attached hydrogen (secondary N) is 3. The molecule has 0 saturated carbocycles. The van der Waals surface area contributed by atoms with E-state index in [1.54, 1.807) is 0 Å². The van der Waals surface area contributed by atoms with E-state index in [0.717, 1.165) is 32.2 Å². The van der Waals surface area contributed by atoms with E-state index >= 15 is 0 Å². The molecule has 4 nitrogen and oxygen atoms in total. The third kappa shape index (κ3) is 4.51. The van der Waals surface area contributed by atoms with Crippen LogP contribution in [0.5, 0.6) is 0 Å². The lowest BCUT2D eigenvalue weighted by Gasteiger charge is -2.39. The summed E-state index contributed by atoms with van der Waals surface area (Å²) in [5.74, 6) is 0. The highest BCUT2D eigenvalue weighted by atomic mass is 15.2. The first kappa shape index (κ1) is 19.7. The van der Waals surface area contributed by atoms with Gasteiger partial charge in [-0.2, -0.15) is 0 Å². The van der Waals surface area contributed by atoms with Crippen molar-refractivity contribution in [2.45, 2.75) is 44.7 Å². The van der Waals surface area contributed by atoms with E-state index in [1.807, 2.05) is 21.1 Å². The standard InChI is InChI=1S/C21H34N4/c1-16-9-10-17(15-18(16)7-6-14-22)11-12-19-20(23-2)8-5-13-21(19,24-3)25-4/h9-12,15,23-25H,5-8,13-14,22H2,1-4H3/b12-11+. The number of likely N-dealkylation sites (N-methyl/N-ethyl adjacent to an activating group) is 2. The molecule has 0 bridgehead atoms. The zero-order chi connectivity index (χ0) is 18.3. The molecule has 0 unspecified atom stereocenters. The lowest BCUT2D eigenvalue weighted by atomic mass is 9.84. The molecular formula is C21H34N4. The van der Waals surface area contributed by atoms with Crippen molar-refractivity contribution in [3.8, 4) is 0 Å². The molecule has 1 aromatic carbocycles. The van der Waals surface area contributed by atoms with E-state index < -0.39 is 0 Å². The number of hydrogen-bond acceptors (Lipinski definition) is 4. The van der Waals surface area contributed by atoms with Crippen LogP contribution >= 0.6 is 0 Å². The van der Waals surface area contributed by atoms with E-state index in [-0.39, 0.29) is 5.66 Å². The second kappa shape index (κ2) is 9.18. The maximum atomic E-state index is 5.67. The van der Waals surface area contributed by atoms with Gasteiger partial charge in [-0.25, -0.2) is 0 Å². The van der Waals surface area contributed by atoms with E-state index in [9.17, 15) is 0 Å². The molecule has 0 heterocycles. The Hall–Kier alpha value is -1.62. The maximum Gasteiger partial charge on any atom is 0.0961 e. The Bertz CT molecular complexity index is 627. The molecule has 0 amide bonds. The lowest BCUT2D eigenvalue weighted by Crippen LogP contribution is -2.57. The molecule has 0 saturated heterocycles. The predicted molar refractivity (Wildman–Crippen MR) is 108 cm³/mol. The number of rotatable bonds is 8. The highest BCUT2D eigenvalue weighted by Gasteiger charge is 2.34. The Morgan fingerprint density at radius 1 is 1.16 bits per heavy atom. The summed E-state index contributed by atoms with van der Waals surface area (Å²) in [4.78, 5) is 0. The highest BCUT2D eigenvalue weighted by molar-refractivity contribution is 5.57. The van der Waals surface area contributed by atoms with Gasteiger partial charge in [0.1, 0.15) is 0 Å². The molecule has 0 aromatic heterocycles. The summed E-state index contributed by atoms with van der Waals surface area (Å²) in [7, 11) is 6.07. The fourth-order valence-electron chi connectivity index (χ4n) is 3.74. The monoisotopic (exact) mass is 342 g/mol. The van der Waals surface area contributed by atoms with Gasteiger partial charge in [0.2, 0.25) is 0 Å². The van der Waals surface area contributed by atoms with Crippen molar-refractivity contribution in [2.75, 3.05) is 27.7 Å². The van der Waals surface area contributed by atoms with Gasteiger partial charge in [0.15, 0.2) is 0 Å². The Labute approximate surface area is 153 Å². The van der Waals surface area contributed by atoms with Crippen molar-refractivity contribution in [1.82, 2.24) is 16.0 Å². The molecule has 1 aromatic rings. The minimum absolute atomic E-state index is 0.166. The Morgan fingerprint density at radius 2 is 1.92 bits per heavy atom. The molecule has 0 atom stereocenters. The third-order valence-electron chi connectivity index (χ3n) is 5.38. The summed E-state index contributed by atoms with van der Waals surface area (Å²) in [6.07, 6.45) is 9.92. The summed E-state index contributed by atoms with van der Waals surface area (Å²) in [6, 6.07) is 6.70. The lowest BCUT2D eigenvalue weighted by molar-refractivity contribution is 0.306. The number of allylic oxidation sites excluding steroid dienone is 1. The normalized spacial score (nSPS) is 17.3. The van der Waals surface area contributed by atoms with Crippen molar-refractivity contribution < 1.29 is 0 Å². The molecule has 4 heteroatoms. The Kier molecular flexibility index (Phi) is 7.24. The van der Waals surface area contributed by atoms with Crippen LogP contribution in [0.2, 0.25) is 0 Å². The summed E-state index contributed by atoms with van der Waals surface area (Å²) < 4.78 is 0. The van der Waals surface area contributed by atoms with Crippen LogP contribution in [0.1, 0.15) is 42.4 Å². The Morgan fingerprint density at radius 3 is 2.56 bits per heavy atom. The van der Waals surface area contributed by atoms with Crippen LogP contribution in [0.3, 0.4) is 0 Å². The first-order chi connectivity index (χ1) is 12.1. The van der Waals surface area contributed by atoms with Crippen molar-refractivity contribution in [3.05, 3.63) is 52.2 Å². The molecule has 0 aliphatic heterocycles. The average molecular weight is 343 g/mol. The fraction of sp³-hybridized carbons (Fsp3) is 0.524. The van der Waals surface area contributed by atoms with Crippen molar-refractivity contribution in [2.24, 2.45) is 5.73 Å². The van der Waals surface area contributed by atoms with Crippen LogP contribution in [0, 0.1) is 6.92 Å². The van der Waals surface area contributed by atoms with Gasteiger partial charge < -0.3 is 11.1 Å². The van der Waals surface area contributed by atoms with Gasteiger partial charge in [-0.05, 0) is 76.4 Å². The summed E-state index contributed by atoms with van der Waals surface area (Å²) in [6.45, 7) is 2.92. The summed E-state index contributed by atoms with van der Waals surface area (Å²) in [5, 5.41) is 10.4. The van der Waals surface area contributed by atoms with Crippen LogP contribution < -0.4 is 21.7 Å². The van der Waals surface area contributed by atoms with Gasteiger partial charge in [0.25, 0.3) is 0 Å². The van der Waals surface area contributed by atoms with Crippen molar-refractivity contribution in [1.29, 1.82) is 0 Å². The fourth-order valence-corrected chi connectivity index (χ4v) is 3.74. The van der Waals surface area contributed by atoms with Gasteiger partial charge in [-0.3, -0.25) is 10.6 Å². The maximum absolute atomic E-state index is 5.67. The number of hydrogen-bond donors (Lipinski definition) is 4. The zero-order valence-electron chi connectivity index (χ0n) is 16.2. The number of benzene rings is 1. The highest BCUT2D eigenvalue weighted by Crippen LogP contribution is 2.31. The molecule has 25 heavy (non-hydrogen) atoms. The molecular weight excluding hydrogens is 308 g/mol. The molecule has 0 radical (unpaired) electrons. The number of nitrogens with two attached hydrogens (primary N) is 1. The largest absolute Gasteiger partial charge is 0.391 e. The minimum Gasteiger partial charge on any atom is -0.391 e. The minimum atomic E-state index is -0.166. The van der Waals surface area contributed by atoms with E-state index in [1.165, 1.54) is 34.4 Å². The van der Waals surface area contributed by atoms with E-state index in [2.05, 4.69) is 53.2 Å². The van der Waals surface area contributed by atoms with E-state index in [0.29, 0.717) is 0 Å². The molecule has 0 spiro atoms. The quantitative estimate of drug-likeness (QED) is 0.549. The molecule has 2 rings (SSSR count). The average Bonchev–Trinajstić information content (AvgIpc) is 2.65. The second-order valence-electron chi connectivity index (χ2n) is 6.81. The van der Waals surface area contributed by atoms with Crippen LogP contribution in [0.25, 0.3) is 6.08 Å². The van der Waals surface area contributed by atoms with Gasteiger partial charge in [-0.15, -0.1) is 0 Å². The zero-order valence-corrected chi connectivity index (χ0v) is 16.2. The molecule has 5 N–H and O–H groups in total. The van der Waals surface area contributed by atoms with Gasteiger partial charge in [0.05, 0.1) is 5.66 Å². The molecule has 1 aliphatic rings. The first-order valence-electron chi connectivity index (χ1n) is 9.37. The van der Waals surface area contributed by atoms with Gasteiger partial charge in [-0.1, -0.05) is 30.4 Å². The number of aryl methyl sites for hydroxylation is 2. The summed E-state index contributed by atoms with van der Waals surface area (Å²) in [5.41, 5.74) is 12.1.